The first-order chi connectivity index (χ1) is 8.80. The molecule has 0 radical (unpaired) electrons. The van der Waals surface area contributed by atoms with E-state index in [0.29, 0.717) is 5.54 Å². The second-order valence-electron chi connectivity index (χ2n) is 6.27. The molecule has 18 heavy (non-hydrogen) atoms. The summed E-state index contributed by atoms with van der Waals surface area (Å²) in [7, 11) is 0. The highest BCUT2D eigenvalue weighted by Crippen LogP contribution is 2.45. The van der Waals surface area contributed by atoms with Gasteiger partial charge in [0.1, 0.15) is 0 Å². The van der Waals surface area contributed by atoms with Crippen LogP contribution in [-0.2, 0) is 6.42 Å². The molecule has 1 heteroatoms. The van der Waals surface area contributed by atoms with Crippen LogP contribution in [0.15, 0.2) is 24.3 Å². The Morgan fingerprint density at radius 1 is 1.17 bits per heavy atom. The number of nitrogens with one attached hydrogen (secondary N) is 1. The Morgan fingerprint density at radius 3 is 2.78 bits per heavy atom. The zero-order chi connectivity index (χ0) is 12.4. The van der Waals surface area contributed by atoms with E-state index in [1.807, 2.05) is 0 Å². The monoisotopic (exact) mass is 243 g/mol. The van der Waals surface area contributed by atoms with Crippen molar-refractivity contribution in [3.05, 3.63) is 35.4 Å². The van der Waals surface area contributed by atoms with E-state index in [1.165, 1.54) is 57.1 Å². The third-order valence-corrected chi connectivity index (χ3v) is 4.90. The summed E-state index contributed by atoms with van der Waals surface area (Å²) in [4.78, 5) is 0. The van der Waals surface area contributed by atoms with Crippen LogP contribution in [-0.4, -0.2) is 12.1 Å². The smallest absolute Gasteiger partial charge is 0.0250 e. The lowest BCUT2D eigenvalue weighted by Gasteiger charge is -2.35. The fraction of sp³-hybridized carbons (Fsp3) is 0.647. The van der Waals surface area contributed by atoms with Gasteiger partial charge in [-0.15, -0.1) is 0 Å². The van der Waals surface area contributed by atoms with E-state index >= 15 is 0 Å². The maximum absolute atomic E-state index is 3.93. The van der Waals surface area contributed by atoms with E-state index in [9.17, 15) is 0 Å². The average Bonchev–Trinajstić information content (AvgIpc) is 3.18. The zero-order valence-corrected chi connectivity index (χ0v) is 11.5. The van der Waals surface area contributed by atoms with Gasteiger partial charge in [0.05, 0.1) is 0 Å². The summed E-state index contributed by atoms with van der Waals surface area (Å²) in [6, 6.07) is 8.93. The van der Waals surface area contributed by atoms with Crippen LogP contribution in [0, 0.1) is 12.8 Å². The minimum Gasteiger partial charge on any atom is -0.311 e. The summed E-state index contributed by atoms with van der Waals surface area (Å²) < 4.78 is 0. The molecule has 1 atom stereocenters. The molecule has 1 N–H and O–H groups in total. The van der Waals surface area contributed by atoms with Gasteiger partial charge in [0.15, 0.2) is 0 Å². The van der Waals surface area contributed by atoms with Crippen LogP contribution >= 0.6 is 0 Å². The van der Waals surface area contributed by atoms with E-state index in [1.54, 1.807) is 5.56 Å². The predicted molar refractivity (Wildman–Crippen MR) is 76.8 cm³/mol. The molecule has 1 aromatic rings. The van der Waals surface area contributed by atoms with E-state index < -0.39 is 0 Å². The standard InChI is InChI=1S/C17H25N/c1-14-7-3-4-8-15(14)13-17(16-9-10-16)11-5-2-6-12-18-17/h3-4,7-8,16,18H,2,5-6,9-13H2,1H3. The van der Waals surface area contributed by atoms with Gasteiger partial charge in [-0.1, -0.05) is 37.1 Å². The Balaban J connectivity index is 1.83. The van der Waals surface area contributed by atoms with E-state index in [2.05, 4.69) is 36.5 Å². The Kier molecular flexibility index (Phi) is 3.43. The van der Waals surface area contributed by atoms with Crippen molar-refractivity contribution >= 4 is 0 Å². The fourth-order valence-corrected chi connectivity index (χ4v) is 3.60. The number of aryl methyl sites for hydroxylation is 1. The fourth-order valence-electron chi connectivity index (χ4n) is 3.60. The molecular formula is C17H25N. The Bertz CT molecular complexity index is 398. The van der Waals surface area contributed by atoms with Gasteiger partial charge in [-0.05, 0) is 62.6 Å². The molecule has 1 unspecified atom stereocenters. The van der Waals surface area contributed by atoms with Crippen LogP contribution in [0.4, 0.5) is 0 Å². The lowest BCUT2D eigenvalue weighted by molar-refractivity contribution is 0.270. The zero-order valence-electron chi connectivity index (χ0n) is 11.5. The van der Waals surface area contributed by atoms with Gasteiger partial charge < -0.3 is 5.32 Å². The summed E-state index contributed by atoms with van der Waals surface area (Å²) in [5.41, 5.74) is 3.44. The number of benzene rings is 1. The number of rotatable bonds is 3. The maximum Gasteiger partial charge on any atom is 0.0250 e. The third-order valence-electron chi connectivity index (χ3n) is 4.90. The largest absolute Gasteiger partial charge is 0.311 e. The molecule has 2 fully saturated rings. The molecule has 1 aliphatic carbocycles. The van der Waals surface area contributed by atoms with Gasteiger partial charge in [0.2, 0.25) is 0 Å². The van der Waals surface area contributed by atoms with Gasteiger partial charge in [0.25, 0.3) is 0 Å². The van der Waals surface area contributed by atoms with Gasteiger partial charge in [-0.25, -0.2) is 0 Å². The molecular weight excluding hydrogens is 218 g/mol. The van der Waals surface area contributed by atoms with Gasteiger partial charge in [-0.3, -0.25) is 0 Å². The molecule has 98 valence electrons. The van der Waals surface area contributed by atoms with E-state index in [0.717, 1.165) is 5.92 Å². The molecule has 0 amide bonds. The minimum atomic E-state index is 0.419. The van der Waals surface area contributed by atoms with Crippen LogP contribution in [0.25, 0.3) is 0 Å². The van der Waals surface area contributed by atoms with Gasteiger partial charge >= 0.3 is 0 Å². The topological polar surface area (TPSA) is 12.0 Å². The van der Waals surface area contributed by atoms with Crippen LogP contribution in [0.5, 0.6) is 0 Å². The molecule has 0 aromatic heterocycles. The first-order valence-corrected chi connectivity index (χ1v) is 7.60. The first kappa shape index (κ1) is 12.2. The van der Waals surface area contributed by atoms with Crippen molar-refractivity contribution in [3.63, 3.8) is 0 Å². The predicted octanol–water partition coefficient (Wildman–Crippen LogP) is 3.85. The van der Waals surface area contributed by atoms with Crippen molar-refractivity contribution in [1.29, 1.82) is 0 Å². The second kappa shape index (κ2) is 5.05. The molecule has 1 aliphatic heterocycles. The lowest BCUT2D eigenvalue weighted by Crippen LogP contribution is -2.48. The van der Waals surface area contributed by atoms with Crippen LogP contribution in [0.3, 0.4) is 0 Å². The molecule has 2 aliphatic rings. The minimum absolute atomic E-state index is 0.419. The molecule has 1 nitrogen and oxygen atoms in total. The third kappa shape index (κ3) is 2.47. The maximum atomic E-state index is 3.93. The van der Waals surface area contributed by atoms with Crippen molar-refractivity contribution in [2.45, 2.75) is 57.4 Å². The van der Waals surface area contributed by atoms with Gasteiger partial charge in [-0.2, -0.15) is 0 Å². The van der Waals surface area contributed by atoms with Crippen molar-refractivity contribution in [2.24, 2.45) is 5.92 Å². The highest BCUT2D eigenvalue weighted by atomic mass is 15.0. The highest BCUT2D eigenvalue weighted by Gasteiger charge is 2.44. The number of hydrogen-bond donors (Lipinski definition) is 1. The SMILES string of the molecule is Cc1ccccc1CC1(C2CC2)CCCCCN1. The lowest BCUT2D eigenvalue weighted by atomic mass is 9.81. The molecule has 1 saturated heterocycles. The number of hydrogen-bond acceptors (Lipinski definition) is 1. The van der Waals surface area contributed by atoms with Crippen LogP contribution in [0.1, 0.15) is 49.7 Å². The van der Waals surface area contributed by atoms with E-state index in [-0.39, 0.29) is 0 Å². The van der Waals surface area contributed by atoms with Gasteiger partial charge in [0, 0.05) is 5.54 Å². The molecule has 1 aromatic carbocycles. The average molecular weight is 243 g/mol. The molecule has 0 spiro atoms. The summed E-state index contributed by atoms with van der Waals surface area (Å²) in [5, 5.41) is 3.93. The van der Waals surface area contributed by atoms with Crippen LogP contribution < -0.4 is 5.32 Å². The van der Waals surface area contributed by atoms with E-state index in [4.69, 9.17) is 0 Å². The molecule has 0 bridgehead atoms. The summed E-state index contributed by atoms with van der Waals surface area (Å²) in [6.07, 6.45) is 9.70. The molecule has 1 heterocycles. The first-order valence-electron chi connectivity index (χ1n) is 7.60. The highest BCUT2D eigenvalue weighted by molar-refractivity contribution is 5.28. The normalized spacial score (nSPS) is 28.9. The summed E-state index contributed by atoms with van der Waals surface area (Å²) in [5.74, 6) is 0.940. The molecule has 1 saturated carbocycles. The molecule has 3 rings (SSSR count). The Hall–Kier alpha value is -0.820. The van der Waals surface area contributed by atoms with Crippen molar-refractivity contribution in [3.8, 4) is 0 Å². The van der Waals surface area contributed by atoms with Crippen molar-refractivity contribution < 1.29 is 0 Å². The Labute approximate surface area is 111 Å². The quantitative estimate of drug-likeness (QED) is 0.850. The summed E-state index contributed by atoms with van der Waals surface area (Å²) >= 11 is 0. The van der Waals surface area contributed by atoms with Crippen molar-refractivity contribution in [2.75, 3.05) is 6.54 Å². The van der Waals surface area contributed by atoms with Crippen LogP contribution in [0.2, 0.25) is 0 Å². The van der Waals surface area contributed by atoms with Crippen molar-refractivity contribution in [1.82, 2.24) is 5.32 Å². The Morgan fingerprint density at radius 2 is 2.00 bits per heavy atom. The summed E-state index contributed by atoms with van der Waals surface area (Å²) in [6.45, 7) is 3.48. The second-order valence-corrected chi connectivity index (χ2v) is 6.27.